The average Bonchev–Trinajstić information content (AvgIpc) is 3.66. The number of nitrogen functional groups attached to an aromatic ring is 1. The fraction of sp³-hybridized carbons (Fsp3) is 0.414. The number of morpholine rings is 1. The molecule has 3 aromatic heterocycles. The van der Waals surface area contributed by atoms with Crippen LogP contribution in [0.4, 0.5) is 24.8 Å². The van der Waals surface area contributed by atoms with Crippen LogP contribution in [-0.2, 0) is 22.8 Å². The number of halogens is 4. The van der Waals surface area contributed by atoms with Crippen molar-refractivity contribution in [3.8, 4) is 17.0 Å². The Bertz CT molecular complexity index is 1800. The van der Waals surface area contributed by atoms with Gasteiger partial charge in [-0.1, -0.05) is 11.6 Å². The van der Waals surface area contributed by atoms with E-state index in [0.29, 0.717) is 33.9 Å². The molecule has 0 unspecified atom stereocenters. The molecule has 2 fully saturated rings. The van der Waals surface area contributed by atoms with E-state index in [2.05, 4.69) is 15.4 Å². The largest absolute Gasteiger partial charge is 0.493 e. The molecule has 0 bridgehead atoms. The zero-order valence-electron chi connectivity index (χ0n) is 24.6. The maximum Gasteiger partial charge on any atom is 0.433 e. The van der Waals surface area contributed by atoms with Gasteiger partial charge in [0.1, 0.15) is 45.6 Å². The van der Waals surface area contributed by atoms with Crippen LogP contribution in [0.5, 0.6) is 5.75 Å². The van der Waals surface area contributed by atoms with E-state index < -0.39 is 23.9 Å². The highest BCUT2D eigenvalue weighted by Crippen LogP contribution is 2.40. The zero-order valence-corrected chi connectivity index (χ0v) is 25.3. The SMILES string of the molecule is CCOc1cc(C(=O)Nc2cc(C(F)(F)F)n(C)n2)ccc1-c1nc([C@H]2CN(C(=O)C3CC3)[C@@H](C)CO2)n2c(Cl)cnc(N)c12. The lowest BCUT2D eigenvalue weighted by Gasteiger charge is -2.37. The molecule has 0 spiro atoms. The molecule has 1 aliphatic carbocycles. The fourth-order valence-corrected chi connectivity index (χ4v) is 5.66. The molecule has 2 amide bonds. The summed E-state index contributed by atoms with van der Waals surface area (Å²) in [6.07, 6.45) is -2.10. The molecule has 0 radical (unpaired) electrons. The summed E-state index contributed by atoms with van der Waals surface area (Å²) < 4.78 is 54.0. The molecule has 4 aromatic rings. The van der Waals surface area contributed by atoms with Crippen LogP contribution in [0.3, 0.4) is 0 Å². The van der Waals surface area contributed by atoms with Crippen molar-refractivity contribution in [3.63, 3.8) is 0 Å². The average molecular weight is 647 g/mol. The van der Waals surface area contributed by atoms with E-state index in [0.717, 1.165) is 26.0 Å². The van der Waals surface area contributed by atoms with Crippen molar-refractivity contribution in [3.05, 3.63) is 52.7 Å². The highest BCUT2D eigenvalue weighted by molar-refractivity contribution is 6.30. The molecule has 2 aliphatic rings. The monoisotopic (exact) mass is 646 g/mol. The van der Waals surface area contributed by atoms with Crippen LogP contribution in [0.2, 0.25) is 5.15 Å². The molecule has 1 aromatic carbocycles. The molecular weight excluding hydrogens is 617 g/mol. The Kier molecular flexibility index (Phi) is 7.85. The Labute approximate surface area is 260 Å². The highest BCUT2D eigenvalue weighted by atomic mass is 35.5. The molecule has 4 heterocycles. The topological polar surface area (TPSA) is 142 Å². The van der Waals surface area contributed by atoms with E-state index >= 15 is 0 Å². The van der Waals surface area contributed by atoms with Crippen LogP contribution in [0.15, 0.2) is 30.5 Å². The summed E-state index contributed by atoms with van der Waals surface area (Å²) in [6.45, 7) is 4.50. The third kappa shape index (κ3) is 5.77. The Morgan fingerprint density at radius 3 is 2.67 bits per heavy atom. The molecular formula is C29H30ClF3N8O4. The van der Waals surface area contributed by atoms with Gasteiger partial charge in [-0.2, -0.15) is 18.3 Å². The number of aromatic nitrogens is 5. The number of anilines is 2. The van der Waals surface area contributed by atoms with Crippen LogP contribution in [0, 0.1) is 5.92 Å². The third-order valence-electron chi connectivity index (χ3n) is 7.81. The normalized spacial score (nSPS) is 18.8. The lowest BCUT2D eigenvalue weighted by atomic mass is 10.1. The van der Waals surface area contributed by atoms with E-state index in [1.54, 1.807) is 17.4 Å². The van der Waals surface area contributed by atoms with Crippen molar-refractivity contribution in [1.29, 1.82) is 0 Å². The summed E-state index contributed by atoms with van der Waals surface area (Å²) in [6, 6.07) is 5.18. The molecule has 1 saturated carbocycles. The quantitative estimate of drug-likeness (QED) is 0.293. The van der Waals surface area contributed by atoms with E-state index in [-0.39, 0.29) is 59.1 Å². The second kappa shape index (κ2) is 11.5. The predicted molar refractivity (Wildman–Crippen MR) is 158 cm³/mol. The first-order valence-corrected chi connectivity index (χ1v) is 14.7. The number of alkyl halides is 3. The van der Waals surface area contributed by atoms with Gasteiger partial charge >= 0.3 is 6.18 Å². The zero-order chi connectivity index (χ0) is 32.2. The molecule has 6 rings (SSSR count). The van der Waals surface area contributed by atoms with Gasteiger partial charge in [0, 0.05) is 30.2 Å². The smallest absolute Gasteiger partial charge is 0.433 e. The van der Waals surface area contributed by atoms with Crippen molar-refractivity contribution < 1.29 is 32.2 Å². The van der Waals surface area contributed by atoms with Gasteiger partial charge in [0.15, 0.2) is 5.82 Å². The summed E-state index contributed by atoms with van der Waals surface area (Å²) in [5.41, 5.74) is 6.65. The second-order valence-electron chi connectivity index (χ2n) is 11.0. The van der Waals surface area contributed by atoms with Gasteiger partial charge in [-0.3, -0.25) is 18.7 Å². The van der Waals surface area contributed by atoms with Crippen LogP contribution in [-0.4, -0.2) is 66.7 Å². The van der Waals surface area contributed by atoms with Crippen molar-refractivity contribution in [2.24, 2.45) is 13.0 Å². The number of carbonyl (C=O) groups excluding carboxylic acids is 2. The number of nitrogens with zero attached hydrogens (tertiary/aromatic N) is 6. The molecule has 1 aliphatic heterocycles. The highest BCUT2D eigenvalue weighted by Gasteiger charge is 2.40. The first-order valence-electron chi connectivity index (χ1n) is 14.3. The molecule has 2 atom stereocenters. The van der Waals surface area contributed by atoms with Crippen molar-refractivity contribution >= 4 is 40.6 Å². The number of carbonyl (C=O) groups is 2. The Hall–Kier alpha value is -4.37. The number of aryl methyl sites for hydroxylation is 1. The lowest BCUT2D eigenvalue weighted by molar-refractivity contribution is -0.146. The fourth-order valence-electron chi connectivity index (χ4n) is 5.44. The number of benzene rings is 1. The molecule has 1 saturated heterocycles. The number of imidazole rings is 1. The number of ether oxygens (including phenoxy) is 2. The Balaban J connectivity index is 1.38. The van der Waals surface area contributed by atoms with Crippen molar-refractivity contribution in [2.75, 3.05) is 30.8 Å². The van der Waals surface area contributed by atoms with Crippen molar-refractivity contribution in [2.45, 2.75) is 45.0 Å². The van der Waals surface area contributed by atoms with Gasteiger partial charge in [0.2, 0.25) is 5.91 Å². The van der Waals surface area contributed by atoms with Crippen LogP contribution >= 0.6 is 11.6 Å². The number of fused-ring (bicyclic) bond motifs is 1. The van der Waals surface area contributed by atoms with E-state index in [9.17, 15) is 22.8 Å². The minimum Gasteiger partial charge on any atom is -0.493 e. The van der Waals surface area contributed by atoms with Gasteiger partial charge < -0.3 is 25.4 Å². The summed E-state index contributed by atoms with van der Waals surface area (Å²) in [4.78, 5) is 37.0. The molecule has 12 nitrogen and oxygen atoms in total. The Morgan fingerprint density at radius 1 is 1.24 bits per heavy atom. The first kappa shape index (κ1) is 30.6. The number of hydrogen-bond acceptors (Lipinski definition) is 8. The lowest BCUT2D eigenvalue weighted by Crippen LogP contribution is -2.49. The maximum absolute atomic E-state index is 13.2. The first-order chi connectivity index (χ1) is 21.4. The van der Waals surface area contributed by atoms with Gasteiger partial charge in [0.25, 0.3) is 5.91 Å². The summed E-state index contributed by atoms with van der Waals surface area (Å²) >= 11 is 6.63. The van der Waals surface area contributed by atoms with Gasteiger partial charge in [-0.05, 0) is 44.9 Å². The number of nitrogens with one attached hydrogen (secondary N) is 1. The second-order valence-corrected chi connectivity index (χ2v) is 11.4. The van der Waals surface area contributed by atoms with E-state index in [1.165, 1.54) is 18.3 Å². The molecule has 45 heavy (non-hydrogen) atoms. The van der Waals surface area contributed by atoms with Crippen molar-refractivity contribution in [1.82, 2.24) is 29.0 Å². The summed E-state index contributed by atoms with van der Waals surface area (Å²) in [7, 11) is 1.14. The third-order valence-corrected chi connectivity index (χ3v) is 8.08. The Morgan fingerprint density at radius 2 is 2.00 bits per heavy atom. The van der Waals surface area contributed by atoms with Crippen LogP contribution in [0.25, 0.3) is 16.8 Å². The van der Waals surface area contributed by atoms with Gasteiger partial charge in [0.05, 0.1) is 32.0 Å². The summed E-state index contributed by atoms with van der Waals surface area (Å²) in [5.74, 6) is -0.0161. The molecule has 3 N–H and O–H groups in total. The minimum absolute atomic E-state index is 0.0380. The minimum atomic E-state index is -4.63. The number of amides is 2. The number of rotatable bonds is 7. The molecule has 238 valence electrons. The number of hydrogen-bond donors (Lipinski definition) is 2. The predicted octanol–water partition coefficient (Wildman–Crippen LogP) is 4.73. The van der Waals surface area contributed by atoms with Gasteiger partial charge in [-0.15, -0.1) is 0 Å². The standard InChI is InChI=1S/C29H30ClF3N8O4/c1-4-44-18-9-16(27(42)36-22-10-20(29(31,32)33)39(3)38-22)7-8-17(18)23-24-25(34)35-11-21(30)41(24)26(37-23)19-12-40(14(2)13-45-19)28(43)15-5-6-15/h7-11,14-15,19H,4-6,12-13H2,1-3H3,(H2,34,35)(H,36,38,42)/t14-,19+/m0/s1. The maximum atomic E-state index is 13.2. The molecule has 16 heteroatoms. The number of nitrogens with two attached hydrogens (primary N) is 1. The van der Waals surface area contributed by atoms with E-state index in [1.807, 2.05) is 11.8 Å². The van der Waals surface area contributed by atoms with E-state index in [4.69, 9.17) is 31.8 Å². The summed E-state index contributed by atoms with van der Waals surface area (Å²) in [5, 5.41) is 6.37. The van der Waals surface area contributed by atoms with Gasteiger partial charge in [-0.25, -0.2) is 9.97 Å². The van der Waals surface area contributed by atoms with Crippen LogP contribution < -0.4 is 15.8 Å². The van der Waals surface area contributed by atoms with Crippen LogP contribution in [0.1, 0.15) is 54.7 Å².